The molecule has 0 aliphatic carbocycles. The largest absolute Gasteiger partial charge is 0.480 e. The van der Waals surface area contributed by atoms with Gasteiger partial charge in [-0.05, 0) is 34.7 Å². The number of rotatable bonds is 6. The molecular weight excluding hydrogens is 294 g/mol. The van der Waals surface area contributed by atoms with Gasteiger partial charge < -0.3 is 10.4 Å². The maximum atomic E-state index is 12.4. The van der Waals surface area contributed by atoms with E-state index in [1.165, 1.54) is 22.3 Å². The quantitative estimate of drug-likeness (QED) is 0.826. The van der Waals surface area contributed by atoms with Gasteiger partial charge in [-0.3, -0.25) is 4.79 Å². The lowest BCUT2D eigenvalue weighted by molar-refractivity contribution is -0.144. The van der Waals surface area contributed by atoms with Gasteiger partial charge in [0.05, 0.1) is 5.69 Å². The Bertz CT molecular complexity index is 633. The third-order valence-corrected chi connectivity index (χ3v) is 4.32. The second kappa shape index (κ2) is 6.00. The summed E-state index contributed by atoms with van der Waals surface area (Å²) in [4.78, 5) is 24.2. The second-order valence-electron chi connectivity index (χ2n) is 4.44. The molecule has 112 valence electrons. The number of carboxylic acids is 1. The molecule has 0 spiro atoms. The minimum atomic E-state index is -1.26. The molecule has 0 atom stereocenters. The summed E-state index contributed by atoms with van der Waals surface area (Å²) in [5.74, 6) is -1.48. The van der Waals surface area contributed by atoms with Gasteiger partial charge in [0.1, 0.15) is 16.7 Å². The first kappa shape index (κ1) is 15.1. The highest BCUT2D eigenvalue weighted by molar-refractivity contribution is 7.12. The lowest BCUT2D eigenvalue weighted by atomic mass is 9.93. The van der Waals surface area contributed by atoms with Crippen molar-refractivity contribution in [2.24, 2.45) is 0 Å². The van der Waals surface area contributed by atoms with Crippen LogP contribution in [0.3, 0.4) is 0 Å². The Hall–Kier alpha value is -2.29. The van der Waals surface area contributed by atoms with E-state index in [0.29, 0.717) is 23.4 Å². The number of hydrogen-bond acceptors (Lipinski definition) is 6. The average molecular weight is 309 g/mol. The lowest BCUT2D eigenvalue weighted by Gasteiger charge is -2.27. The molecule has 0 saturated heterocycles. The van der Waals surface area contributed by atoms with Gasteiger partial charge in [0.2, 0.25) is 0 Å². The van der Waals surface area contributed by atoms with Gasteiger partial charge in [0.15, 0.2) is 0 Å². The second-order valence-corrected chi connectivity index (χ2v) is 5.35. The SMILES string of the molecule is CCC(CC)(NC(=O)c1sccc1-n1cnnn1)C(=O)O. The Labute approximate surface area is 124 Å². The molecule has 0 aliphatic heterocycles. The van der Waals surface area contributed by atoms with Crippen molar-refractivity contribution in [3.8, 4) is 5.69 Å². The number of nitrogens with one attached hydrogen (secondary N) is 1. The maximum Gasteiger partial charge on any atom is 0.329 e. The van der Waals surface area contributed by atoms with Crippen LogP contribution in [0.4, 0.5) is 0 Å². The van der Waals surface area contributed by atoms with Crippen LogP contribution in [0.5, 0.6) is 0 Å². The average Bonchev–Trinajstić information content (AvgIpc) is 3.13. The zero-order chi connectivity index (χ0) is 15.5. The summed E-state index contributed by atoms with van der Waals surface area (Å²) in [7, 11) is 0. The van der Waals surface area contributed by atoms with Crippen LogP contribution in [0.25, 0.3) is 5.69 Å². The smallest absolute Gasteiger partial charge is 0.329 e. The highest BCUT2D eigenvalue weighted by Gasteiger charge is 2.37. The first-order valence-corrected chi connectivity index (χ1v) is 7.28. The number of amides is 1. The van der Waals surface area contributed by atoms with Crippen molar-refractivity contribution >= 4 is 23.2 Å². The summed E-state index contributed by atoms with van der Waals surface area (Å²) in [6.45, 7) is 3.46. The first-order chi connectivity index (χ1) is 10.0. The summed E-state index contributed by atoms with van der Waals surface area (Å²) in [6.07, 6.45) is 1.98. The first-order valence-electron chi connectivity index (χ1n) is 6.41. The van der Waals surface area contributed by atoms with Crippen LogP contribution in [-0.4, -0.2) is 42.7 Å². The van der Waals surface area contributed by atoms with Gasteiger partial charge in [-0.1, -0.05) is 13.8 Å². The van der Waals surface area contributed by atoms with Crippen LogP contribution in [0.15, 0.2) is 17.8 Å². The number of aliphatic carboxylic acids is 1. The van der Waals surface area contributed by atoms with E-state index in [1.807, 2.05) is 0 Å². The molecule has 0 bridgehead atoms. The maximum absolute atomic E-state index is 12.4. The van der Waals surface area contributed by atoms with E-state index in [4.69, 9.17) is 0 Å². The Morgan fingerprint density at radius 3 is 2.67 bits per heavy atom. The van der Waals surface area contributed by atoms with Gasteiger partial charge in [-0.15, -0.1) is 16.4 Å². The Balaban J connectivity index is 2.30. The highest BCUT2D eigenvalue weighted by Crippen LogP contribution is 2.23. The summed E-state index contributed by atoms with van der Waals surface area (Å²) in [5, 5.41) is 24.5. The molecule has 0 unspecified atom stereocenters. The van der Waals surface area contributed by atoms with Crippen LogP contribution in [0, 0.1) is 0 Å². The summed E-state index contributed by atoms with van der Waals surface area (Å²) in [6, 6.07) is 1.70. The fraction of sp³-hybridized carbons (Fsp3) is 0.417. The Kier molecular flexibility index (Phi) is 4.32. The molecule has 21 heavy (non-hydrogen) atoms. The number of carbonyl (C=O) groups excluding carboxylic acids is 1. The molecule has 0 aromatic carbocycles. The van der Waals surface area contributed by atoms with Crippen molar-refractivity contribution in [2.75, 3.05) is 0 Å². The molecule has 0 radical (unpaired) electrons. The van der Waals surface area contributed by atoms with Crippen molar-refractivity contribution in [2.45, 2.75) is 32.2 Å². The van der Waals surface area contributed by atoms with Crippen molar-refractivity contribution < 1.29 is 14.7 Å². The van der Waals surface area contributed by atoms with Crippen LogP contribution in [0.1, 0.15) is 36.4 Å². The predicted molar refractivity (Wildman–Crippen MR) is 75.4 cm³/mol. The summed E-state index contributed by atoms with van der Waals surface area (Å²) >= 11 is 1.21. The molecule has 2 aromatic heterocycles. The van der Waals surface area contributed by atoms with E-state index < -0.39 is 17.4 Å². The van der Waals surface area contributed by atoms with Gasteiger partial charge in [0, 0.05) is 0 Å². The van der Waals surface area contributed by atoms with Crippen LogP contribution in [-0.2, 0) is 4.79 Å². The summed E-state index contributed by atoms with van der Waals surface area (Å²) < 4.78 is 1.37. The van der Waals surface area contributed by atoms with E-state index in [-0.39, 0.29) is 0 Å². The minimum Gasteiger partial charge on any atom is -0.480 e. The van der Waals surface area contributed by atoms with Crippen LogP contribution in [0.2, 0.25) is 0 Å². The van der Waals surface area contributed by atoms with Crippen molar-refractivity contribution in [3.63, 3.8) is 0 Å². The van der Waals surface area contributed by atoms with E-state index in [0.717, 1.165) is 0 Å². The van der Waals surface area contributed by atoms with Crippen molar-refractivity contribution in [3.05, 3.63) is 22.7 Å². The van der Waals surface area contributed by atoms with Crippen molar-refractivity contribution in [1.82, 2.24) is 25.5 Å². The van der Waals surface area contributed by atoms with Gasteiger partial charge in [0.25, 0.3) is 5.91 Å². The molecule has 2 aromatic rings. The fourth-order valence-electron chi connectivity index (χ4n) is 1.98. The van der Waals surface area contributed by atoms with E-state index in [1.54, 1.807) is 25.3 Å². The number of hydrogen-bond donors (Lipinski definition) is 2. The van der Waals surface area contributed by atoms with E-state index in [2.05, 4.69) is 20.8 Å². The number of carbonyl (C=O) groups is 2. The number of carboxylic acid groups (broad SMARTS) is 1. The standard InChI is InChI=1S/C12H15N5O3S/c1-3-12(4-2,11(19)20)14-10(18)9-8(5-6-21-9)17-7-13-15-16-17/h5-7H,3-4H2,1-2H3,(H,14,18)(H,19,20). The molecule has 0 fully saturated rings. The predicted octanol–water partition coefficient (Wildman–Crippen LogP) is 1.10. The van der Waals surface area contributed by atoms with Crippen molar-refractivity contribution in [1.29, 1.82) is 0 Å². The molecule has 2 rings (SSSR count). The molecule has 0 aliphatic rings. The number of aromatic nitrogens is 4. The van der Waals surface area contributed by atoms with Crippen LogP contribution >= 0.6 is 11.3 Å². The zero-order valence-corrected chi connectivity index (χ0v) is 12.4. The third-order valence-electron chi connectivity index (χ3n) is 3.42. The number of thiophene rings is 1. The fourth-order valence-corrected chi connectivity index (χ4v) is 2.75. The molecule has 0 saturated carbocycles. The lowest BCUT2D eigenvalue weighted by Crippen LogP contribution is -2.53. The van der Waals surface area contributed by atoms with Gasteiger partial charge in [-0.2, -0.15) is 4.68 Å². The Morgan fingerprint density at radius 1 is 1.43 bits per heavy atom. The molecule has 8 nitrogen and oxygen atoms in total. The topological polar surface area (TPSA) is 110 Å². The molecule has 9 heteroatoms. The van der Waals surface area contributed by atoms with E-state index in [9.17, 15) is 14.7 Å². The van der Waals surface area contributed by atoms with Gasteiger partial charge >= 0.3 is 5.97 Å². The molecular formula is C12H15N5O3S. The van der Waals surface area contributed by atoms with E-state index >= 15 is 0 Å². The summed E-state index contributed by atoms with van der Waals surface area (Å²) in [5.41, 5.74) is -0.743. The monoisotopic (exact) mass is 309 g/mol. The number of nitrogens with zero attached hydrogens (tertiary/aromatic N) is 4. The molecule has 2 N–H and O–H groups in total. The third kappa shape index (κ3) is 2.77. The minimum absolute atomic E-state index is 0.302. The highest BCUT2D eigenvalue weighted by atomic mass is 32.1. The number of tetrazole rings is 1. The zero-order valence-electron chi connectivity index (χ0n) is 11.6. The molecule has 2 heterocycles. The normalized spacial score (nSPS) is 11.3. The molecule has 1 amide bonds. The Morgan fingerprint density at radius 2 is 2.14 bits per heavy atom. The van der Waals surface area contributed by atoms with Gasteiger partial charge in [-0.25, -0.2) is 4.79 Å². The van der Waals surface area contributed by atoms with Crippen LogP contribution < -0.4 is 5.32 Å².